The molecule has 1 aromatic rings. The summed E-state index contributed by atoms with van der Waals surface area (Å²) in [4.78, 5) is 15.0. The number of nitrogens with zero attached hydrogens (tertiary/aromatic N) is 1. The Balaban J connectivity index is 1.58. The molecular formula is C15H17BrClNO2. The standard InChI is InChI=1S/C15H17BrClNO2/c16-10-7-12-3-4-13(8-10)18(12)15(19)9-20-14-5-1-11(17)2-6-14/h1-2,5-6,10,12-13H,3-4,7-9H2. The Kier molecular flexibility index (Phi) is 4.22. The highest BCUT2D eigenvalue weighted by atomic mass is 79.9. The highest BCUT2D eigenvalue weighted by Crippen LogP contribution is 2.38. The molecule has 2 heterocycles. The van der Waals surface area contributed by atoms with Gasteiger partial charge in [-0.1, -0.05) is 27.5 Å². The molecule has 2 fully saturated rings. The van der Waals surface area contributed by atoms with Gasteiger partial charge in [0.25, 0.3) is 5.91 Å². The number of rotatable bonds is 3. The first-order chi connectivity index (χ1) is 9.63. The first kappa shape index (κ1) is 14.2. The molecule has 2 aliphatic heterocycles. The minimum absolute atomic E-state index is 0.104. The third-order valence-corrected chi connectivity index (χ3v) is 5.14. The van der Waals surface area contributed by atoms with Crippen LogP contribution in [0.5, 0.6) is 5.75 Å². The van der Waals surface area contributed by atoms with Crippen molar-refractivity contribution in [1.29, 1.82) is 0 Å². The lowest BCUT2D eigenvalue weighted by atomic mass is 10.0. The topological polar surface area (TPSA) is 29.5 Å². The van der Waals surface area contributed by atoms with E-state index in [0.29, 0.717) is 27.7 Å². The SMILES string of the molecule is O=C(COc1ccc(Cl)cc1)N1C2CCC1CC(Br)C2. The molecule has 5 heteroatoms. The van der Waals surface area contributed by atoms with Crippen molar-refractivity contribution in [3.63, 3.8) is 0 Å². The molecule has 0 saturated carbocycles. The number of hydrogen-bond donors (Lipinski definition) is 0. The van der Waals surface area contributed by atoms with Crippen LogP contribution in [0.2, 0.25) is 5.02 Å². The molecular weight excluding hydrogens is 342 g/mol. The second-order valence-corrected chi connectivity index (χ2v) is 7.23. The van der Waals surface area contributed by atoms with Gasteiger partial charge in [-0.15, -0.1) is 0 Å². The molecule has 0 spiro atoms. The van der Waals surface area contributed by atoms with Crippen LogP contribution in [0.3, 0.4) is 0 Å². The molecule has 0 radical (unpaired) electrons. The van der Waals surface area contributed by atoms with E-state index in [2.05, 4.69) is 15.9 Å². The minimum Gasteiger partial charge on any atom is -0.484 e. The molecule has 0 aromatic heterocycles. The van der Waals surface area contributed by atoms with Gasteiger partial charge in [-0.2, -0.15) is 0 Å². The van der Waals surface area contributed by atoms with Gasteiger partial charge in [0.05, 0.1) is 0 Å². The number of halogens is 2. The maximum absolute atomic E-state index is 12.4. The quantitative estimate of drug-likeness (QED) is 0.772. The Bertz CT molecular complexity index is 479. The fourth-order valence-corrected chi connectivity index (χ4v) is 4.26. The number of fused-ring (bicyclic) bond motifs is 2. The van der Waals surface area contributed by atoms with E-state index in [-0.39, 0.29) is 12.5 Å². The van der Waals surface area contributed by atoms with Crippen LogP contribution >= 0.6 is 27.5 Å². The van der Waals surface area contributed by atoms with Crippen molar-refractivity contribution in [2.24, 2.45) is 0 Å². The second kappa shape index (κ2) is 5.94. The lowest BCUT2D eigenvalue weighted by molar-refractivity contribution is -0.137. The van der Waals surface area contributed by atoms with Crippen LogP contribution in [-0.4, -0.2) is 34.3 Å². The molecule has 108 valence electrons. The third-order valence-electron chi connectivity index (χ3n) is 4.14. The molecule has 2 atom stereocenters. The molecule has 0 aliphatic carbocycles. The molecule has 2 bridgehead atoms. The van der Waals surface area contributed by atoms with Crippen LogP contribution in [-0.2, 0) is 4.79 Å². The van der Waals surface area contributed by atoms with E-state index >= 15 is 0 Å². The highest BCUT2D eigenvalue weighted by molar-refractivity contribution is 9.09. The molecule has 1 aromatic carbocycles. The second-order valence-electron chi connectivity index (χ2n) is 5.50. The zero-order valence-electron chi connectivity index (χ0n) is 11.1. The minimum atomic E-state index is 0.104. The average Bonchev–Trinajstić information content (AvgIpc) is 2.70. The summed E-state index contributed by atoms with van der Waals surface area (Å²) in [6.45, 7) is 0.113. The Morgan fingerprint density at radius 1 is 1.25 bits per heavy atom. The largest absolute Gasteiger partial charge is 0.484 e. The molecule has 20 heavy (non-hydrogen) atoms. The number of alkyl halides is 1. The molecule has 2 saturated heterocycles. The van der Waals surface area contributed by atoms with Crippen LogP contribution in [0.1, 0.15) is 25.7 Å². The van der Waals surface area contributed by atoms with E-state index in [0.717, 1.165) is 25.7 Å². The molecule has 2 aliphatic rings. The predicted octanol–water partition coefficient (Wildman–Crippen LogP) is 3.64. The molecule has 1 amide bonds. The van der Waals surface area contributed by atoms with Gasteiger partial charge in [0.2, 0.25) is 0 Å². The van der Waals surface area contributed by atoms with Crippen molar-refractivity contribution in [2.75, 3.05) is 6.61 Å². The van der Waals surface area contributed by atoms with Crippen LogP contribution < -0.4 is 4.74 Å². The average molecular weight is 359 g/mol. The number of hydrogen-bond acceptors (Lipinski definition) is 2. The van der Waals surface area contributed by atoms with Gasteiger partial charge < -0.3 is 9.64 Å². The predicted molar refractivity (Wildman–Crippen MR) is 82.6 cm³/mol. The first-order valence-electron chi connectivity index (χ1n) is 6.97. The zero-order chi connectivity index (χ0) is 14.1. The fourth-order valence-electron chi connectivity index (χ4n) is 3.27. The Hall–Kier alpha value is -0.740. The summed E-state index contributed by atoms with van der Waals surface area (Å²) >= 11 is 9.51. The van der Waals surface area contributed by atoms with Crippen LogP contribution in [0.15, 0.2) is 24.3 Å². The van der Waals surface area contributed by atoms with E-state index in [1.165, 1.54) is 0 Å². The zero-order valence-corrected chi connectivity index (χ0v) is 13.4. The van der Waals surface area contributed by atoms with Crippen molar-refractivity contribution in [3.8, 4) is 5.75 Å². The van der Waals surface area contributed by atoms with Crippen molar-refractivity contribution in [3.05, 3.63) is 29.3 Å². The van der Waals surface area contributed by atoms with Crippen molar-refractivity contribution in [1.82, 2.24) is 4.90 Å². The van der Waals surface area contributed by atoms with Crippen molar-refractivity contribution in [2.45, 2.75) is 42.6 Å². The first-order valence-corrected chi connectivity index (χ1v) is 8.26. The summed E-state index contributed by atoms with van der Waals surface area (Å²) in [5.41, 5.74) is 0. The van der Waals surface area contributed by atoms with E-state index in [4.69, 9.17) is 16.3 Å². The van der Waals surface area contributed by atoms with E-state index < -0.39 is 0 Å². The van der Waals surface area contributed by atoms with Gasteiger partial charge >= 0.3 is 0 Å². The number of ether oxygens (including phenoxy) is 1. The monoisotopic (exact) mass is 357 g/mol. The maximum Gasteiger partial charge on any atom is 0.261 e. The lowest BCUT2D eigenvalue weighted by Crippen LogP contribution is -2.48. The van der Waals surface area contributed by atoms with Crippen LogP contribution in [0.25, 0.3) is 0 Å². The summed E-state index contributed by atoms with van der Waals surface area (Å²) in [6.07, 6.45) is 4.37. The molecule has 0 N–H and O–H groups in total. The number of piperidine rings is 1. The van der Waals surface area contributed by atoms with Crippen LogP contribution in [0.4, 0.5) is 0 Å². The van der Waals surface area contributed by atoms with Gasteiger partial charge in [-0.25, -0.2) is 0 Å². The summed E-state index contributed by atoms with van der Waals surface area (Å²) in [5.74, 6) is 0.789. The molecule has 3 nitrogen and oxygen atoms in total. The number of carbonyl (C=O) groups excluding carboxylic acids is 1. The normalized spacial score (nSPS) is 28.5. The maximum atomic E-state index is 12.4. The highest BCUT2D eigenvalue weighted by Gasteiger charge is 2.42. The Morgan fingerprint density at radius 2 is 1.85 bits per heavy atom. The summed E-state index contributed by atoms with van der Waals surface area (Å²) in [5, 5.41) is 0.668. The number of benzene rings is 1. The van der Waals surface area contributed by atoms with Gasteiger partial charge in [-0.05, 0) is 49.9 Å². The van der Waals surface area contributed by atoms with Gasteiger partial charge in [0, 0.05) is 21.9 Å². The van der Waals surface area contributed by atoms with E-state index in [9.17, 15) is 4.79 Å². The molecule has 3 rings (SSSR count). The van der Waals surface area contributed by atoms with Crippen molar-refractivity contribution < 1.29 is 9.53 Å². The summed E-state index contributed by atoms with van der Waals surface area (Å²) in [6, 6.07) is 7.88. The third kappa shape index (κ3) is 2.96. The fraction of sp³-hybridized carbons (Fsp3) is 0.533. The van der Waals surface area contributed by atoms with Crippen molar-refractivity contribution >= 4 is 33.4 Å². The summed E-state index contributed by atoms with van der Waals surface area (Å²) < 4.78 is 5.57. The van der Waals surface area contributed by atoms with E-state index in [1.54, 1.807) is 24.3 Å². The van der Waals surface area contributed by atoms with Gasteiger partial charge in [0.15, 0.2) is 6.61 Å². The van der Waals surface area contributed by atoms with Gasteiger partial charge in [-0.3, -0.25) is 4.79 Å². The molecule has 2 unspecified atom stereocenters. The smallest absolute Gasteiger partial charge is 0.261 e. The number of carbonyl (C=O) groups is 1. The Labute approximate surface area is 132 Å². The number of amides is 1. The van der Waals surface area contributed by atoms with E-state index in [1.807, 2.05) is 4.90 Å². The van der Waals surface area contributed by atoms with Crippen LogP contribution in [0, 0.1) is 0 Å². The van der Waals surface area contributed by atoms with Gasteiger partial charge in [0.1, 0.15) is 5.75 Å². The summed E-state index contributed by atoms with van der Waals surface area (Å²) in [7, 11) is 0. The Morgan fingerprint density at radius 3 is 2.45 bits per heavy atom. The lowest BCUT2D eigenvalue weighted by Gasteiger charge is -2.37.